The van der Waals surface area contributed by atoms with Crippen molar-refractivity contribution < 1.29 is 5.11 Å². The van der Waals surface area contributed by atoms with Gasteiger partial charge in [0.05, 0.1) is 0 Å². The smallest absolute Gasteiger partial charge is 0.0431 e. The summed E-state index contributed by atoms with van der Waals surface area (Å²) in [6.45, 7) is 3.21. The first-order chi connectivity index (χ1) is 7.22. The molecule has 0 bridgehead atoms. The summed E-state index contributed by atoms with van der Waals surface area (Å²) >= 11 is 3.39. The van der Waals surface area contributed by atoms with Crippen LogP contribution in [0.5, 0.6) is 0 Å². The number of rotatable bonds is 6. The molecule has 0 spiro atoms. The van der Waals surface area contributed by atoms with Crippen LogP contribution in [-0.4, -0.2) is 22.7 Å². The maximum atomic E-state index is 8.69. The molecule has 1 heterocycles. The second-order valence-electron chi connectivity index (χ2n) is 3.66. The summed E-state index contributed by atoms with van der Waals surface area (Å²) < 4.78 is 1.00. The maximum absolute atomic E-state index is 8.69. The van der Waals surface area contributed by atoms with E-state index in [-0.39, 0.29) is 6.61 Å². The topological polar surface area (TPSA) is 45.1 Å². The van der Waals surface area contributed by atoms with Crippen molar-refractivity contribution in [2.75, 3.05) is 6.61 Å². The molecule has 1 aromatic rings. The Bertz CT molecular complexity index is 294. The molecule has 0 aliphatic carbocycles. The number of pyridine rings is 1. The van der Waals surface area contributed by atoms with Crippen molar-refractivity contribution in [2.45, 2.75) is 32.4 Å². The van der Waals surface area contributed by atoms with Crippen LogP contribution in [0.15, 0.2) is 22.9 Å². The number of aromatic nitrogens is 1. The molecule has 0 aromatic carbocycles. The standard InChI is InChI=1S/C11H17BrN2O/c1-9(3-2-4-15)14-7-10-5-11(12)8-13-6-10/h5-6,8-9,14-15H,2-4,7H2,1H3. The summed E-state index contributed by atoms with van der Waals surface area (Å²) in [5.41, 5.74) is 1.17. The van der Waals surface area contributed by atoms with Crippen LogP contribution in [0.2, 0.25) is 0 Å². The average Bonchev–Trinajstić information content (AvgIpc) is 2.23. The molecule has 0 radical (unpaired) electrons. The second kappa shape index (κ2) is 6.93. The highest BCUT2D eigenvalue weighted by Gasteiger charge is 2.01. The van der Waals surface area contributed by atoms with Gasteiger partial charge in [-0.2, -0.15) is 0 Å². The van der Waals surface area contributed by atoms with Crippen LogP contribution in [0.4, 0.5) is 0 Å². The van der Waals surface area contributed by atoms with Gasteiger partial charge in [-0.1, -0.05) is 0 Å². The molecule has 1 rings (SSSR count). The molecule has 15 heavy (non-hydrogen) atoms. The fraction of sp³-hybridized carbons (Fsp3) is 0.545. The van der Waals surface area contributed by atoms with E-state index in [0.717, 1.165) is 23.9 Å². The van der Waals surface area contributed by atoms with E-state index in [4.69, 9.17) is 5.11 Å². The van der Waals surface area contributed by atoms with Crippen molar-refractivity contribution >= 4 is 15.9 Å². The molecule has 2 N–H and O–H groups in total. The van der Waals surface area contributed by atoms with Crippen molar-refractivity contribution in [3.8, 4) is 0 Å². The van der Waals surface area contributed by atoms with E-state index in [0.29, 0.717) is 6.04 Å². The lowest BCUT2D eigenvalue weighted by atomic mass is 10.2. The predicted molar refractivity (Wildman–Crippen MR) is 64.6 cm³/mol. The van der Waals surface area contributed by atoms with E-state index in [9.17, 15) is 0 Å². The quantitative estimate of drug-likeness (QED) is 0.834. The summed E-state index contributed by atoms with van der Waals surface area (Å²) in [4.78, 5) is 4.10. The molecule has 0 aliphatic heterocycles. The minimum Gasteiger partial charge on any atom is -0.396 e. The average molecular weight is 273 g/mol. The SMILES string of the molecule is CC(CCCO)NCc1cncc(Br)c1. The Hall–Kier alpha value is -0.450. The zero-order chi connectivity index (χ0) is 11.1. The van der Waals surface area contributed by atoms with Gasteiger partial charge < -0.3 is 10.4 Å². The van der Waals surface area contributed by atoms with Crippen LogP contribution in [0, 0.1) is 0 Å². The number of aliphatic hydroxyl groups excluding tert-OH is 1. The number of hydrogen-bond donors (Lipinski definition) is 2. The van der Waals surface area contributed by atoms with Gasteiger partial charge in [0.1, 0.15) is 0 Å². The van der Waals surface area contributed by atoms with Crippen molar-refractivity contribution in [1.82, 2.24) is 10.3 Å². The number of halogens is 1. The summed E-state index contributed by atoms with van der Waals surface area (Å²) in [5, 5.41) is 12.1. The summed E-state index contributed by atoms with van der Waals surface area (Å²) in [7, 11) is 0. The lowest BCUT2D eigenvalue weighted by molar-refractivity contribution is 0.276. The van der Waals surface area contributed by atoms with Crippen LogP contribution in [-0.2, 0) is 6.54 Å². The molecule has 1 atom stereocenters. The lowest BCUT2D eigenvalue weighted by Gasteiger charge is -2.12. The second-order valence-corrected chi connectivity index (χ2v) is 4.57. The number of aliphatic hydroxyl groups is 1. The third kappa shape index (κ3) is 5.25. The van der Waals surface area contributed by atoms with Crippen molar-refractivity contribution in [2.24, 2.45) is 0 Å². The van der Waals surface area contributed by atoms with Crippen LogP contribution in [0.3, 0.4) is 0 Å². The Morgan fingerprint density at radius 3 is 3.00 bits per heavy atom. The van der Waals surface area contributed by atoms with Crippen LogP contribution < -0.4 is 5.32 Å². The first kappa shape index (κ1) is 12.6. The molecule has 1 unspecified atom stereocenters. The first-order valence-electron chi connectivity index (χ1n) is 5.16. The first-order valence-corrected chi connectivity index (χ1v) is 5.95. The van der Waals surface area contributed by atoms with Gasteiger partial charge in [0.15, 0.2) is 0 Å². The van der Waals surface area contributed by atoms with E-state index < -0.39 is 0 Å². The Balaban J connectivity index is 2.30. The van der Waals surface area contributed by atoms with E-state index in [1.54, 1.807) is 6.20 Å². The summed E-state index contributed by atoms with van der Waals surface area (Å²) in [6, 6.07) is 2.48. The molecular formula is C11H17BrN2O. The Morgan fingerprint density at radius 2 is 2.33 bits per heavy atom. The molecule has 0 saturated carbocycles. The lowest BCUT2D eigenvalue weighted by Crippen LogP contribution is -2.25. The number of hydrogen-bond acceptors (Lipinski definition) is 3. The van der Waals surface area contributed by atoms with Gasteiger partial charge in [-0.25, -0.2) is 0 Å². The predicted octanol–water partition coefficient (Wildman–Crippen LogP) is 2.09. The zero-order valence-corrected chi connectivity index (χ0v) is 10.5. The molecule has 4 heteroatoms. The molecule has 84 valence electrons. The zero-order valence-electron chi connectivity index (χ0n) is 8.91. The van der Waals surface area contributed by atoms with Gasteiger partial charge in [-0.15, -0.1) is 0 Å². The molecule has 0 amide bonds. The van der Waals surface area contributed by atoms with Crippen molar-refractivity contribution in [1.29, 1.82) is 0 Å². The van der Waals surface area contributed by atoms with E-state index >= 15 is 0 Å². The molecule has 3 nitrogen and oxygen atoms in total. The third-order valence-electron chi connectivity index (χ3n) is 2.21. The highest BCUT2D eigenvalue weighted by atomic mass is 79.9. The monoisotopic (exact) mass is 272 g/mol. The highest BCUT2D eigenvalue weighted by molar-refractivity contribution is 9.10. The van der Waals surface area contributed by atoms with Gasteiger partial charge in [-0.05, 0) is 47.3 Å². The van der Waals surface area contributed by atoms with Gasteiger partial charge in [0, 0.05) is 36.1 Å². The van der Waals surface area contributed by atoms with Crippen LogP contribution >= 0.6 is 15.9 Å². The van der Waals surface area contributed by atoms with Gasteiger partial charge in [-0.3, -0.25) is 4.98 Å². The number of nitrogens with zero attached hydrogens (tertiary/aromatic N) is 1. The fourth-order valence-electron chi connectivity index (χ4n) is 1.34. The minimum absolute atomic E-state index is 0.268. The molecular weight excluding hydrogens is 256 g/mol. The minimum atomic E-state index is 0.268. The molecule has 0 saturated heterocycles. The number of nitrogens with one attached hydrogen (secondary N) is 1. The van der Waals surface area contributed by atoms with E-state index in [1.165, 1.54) is 5.56 Å². The van der Waals surface area contributed by atoms with Gasteiger partial charge >= 0.3 is 0 Å². The van der Waals surface area contributed by atoms with E-state index in [2.05, 4.69) is 39.2 Å². The Labute approximate surface area is 99.1 Å². The van der Waals surface area contributed by atoms with Gasteiger partial charge in [0.2, 0.25) is 0 Å². The highest BCUT2D eigenvalue weighted by Crippen LogP contribution is 2.09. The van der Waals surface area contributed by atoms with Crippen molar-refractivity contribution in [3.05, 3.63) is 28.5 Å². The van der Waals surface area contributed by atoms with Gasteiger partial charge in [0.25, 0.3) is 0 Å². The largest absolute Gasteiger partial charge is 0.396 e. The maximum Gasteiger partial charge on any atom is 0.0431 e. The molecule has 1 aromatic heterocycles. The van der Waals surface area contributed by atoms with Crippen LogP contribution in [0.25, 0.3) is 0 Å². The summed E-state index contributed by atoms with van der Waals surface area (Å²) in [5.74, 6) is 0. The van der Waals surface area contributed by atoms with Crippen molar-refractivity contribution in [3.63, 3.8) is 0 Å². The third-order valence-corrected chi connectivity index (χ3v) is 2.65. The summed E-state index contributed by atoms with van der Waals surface area (Å²) in [6.07, 6.45) is 5.48. The Morgan fingerprint density at radius 1 is 1.53 bits per heavy atom. The van der Waals surface area contributed by atoms with Crippen LogP contribution in [0.1, 0.15) is 25.3 Å². The molecule has 0 fully saturated rings. The Kier molecular flexibility index (Phi) is 5.83. The van der Waals surface area contributed by atoms with E-state index in [1.807, 2.05) is 6.20 Å². The fourth-order valence-corrected chi connectivity index (χ4v) is 1.76. The normalized spacial score (nSPS) is 12.7. The molecule has 0 aliphatic rings.